The van der Waals surface area contributed by atoms with Crippen molar-refractivity contribution < 1.29 is 18.0 Å². The van der Waals surface area contributed by atoms with Gasteiger partial charge in [-0.2, -0.15) is 18.3 Å². The fourth-order valence-electron chi connectivity index (χ4n) is 3.67. The highest BCUT2D eigenvalue weighted by molar-refractivity contribution is 5.95. The average Bonchev–Trinajstić information content (AvgIpc) is 3.12. The van der Waals surface area contributed by atoms with Gasteiger partial charge in [0.15, 0.2) is 5.82 Å². The lowest BCUT2D eigenvalue weighted by Crippen LogP contribution is -2.47. The molecular weight excluding hydrogens is 383 g/mol. The third-order valence-electron chi connectivity index (χ3n) is 5.29. The summed E-state index contributed by atoms with van der Waals surface area (Å²) in [4.78, 5) is 21.1. The molecule has 3 heterocycles. The van der Waals surface area contributed by atoms with Gasteiger partial charge < -0.3 is 9.80 Å². The first-order chi connectivity index (χ1) is 13.6. The van der Waals surface area contributed by atoms with Gasteiger partial charge >= 0.3 is 6.18 Å². The molecular formula is C20H26F3N5O. The molecule has 1 unspecified atom stereocenters. The summed E-state index contributed by atoms with van der Waals surface area (Å²) in [6, 6.07) is 2.56. The first-order valence-corrected chi connectivity index (χ1v) is 9.66. The Bertz CT molecular complexity index is 858. The summed E-state index contributed by atoms with van der Waals surface area (Å²) in [6.07, 6.45) is -0.192. The average molecular weight is 409 g/mol. The van der Waals surface area contributed by atoms with Crippen LogP contribution in [0, 0.1) is 0 Å². The van der Waals surface area contributed by atoms with Crippen LogP contribution in [0.1, 0.15) is 54.2 Å². The maximum Gasteiger partial charge on any atom is 0.417 e. The van der Waals surface area contributed by atoms with Crippen LogP contribution >= 0.6 is 0 Å². The number of pyridine rings is 1. The van der Waals surface area contributed by atoms with Crippen LogP contribution in [0.2, 0.25) is 0 Å². The van der Waals surface area contributed by atoms with Crippen LogP contribution in [-0.2, 0) is 6.18 Å². The highest BCUT2D eigenvalue weighted by Gasteiger charge is 2.32. The standard InChI is InChI=1S/C20H26F3N5O/c1-13(2)18-16(19(29)27-9-5-6-15(12-27)26(3)4)11-25-28(18)17-8-7-14(10-24-17)20(21,22)23/h7-8,10-11,13,15H,5-6,9,12H2,1-4H3. The van der Waals surface area contributed by atoms with Gasteiger partial charge in [-0.15, -0.1) is 0 Å². The van der Waals surface area contributed by atoms with Crippen molar-refractivity contribution in [2.24, 2.45) is 0 Å². The number of likely N-dealkylation sites (N-methyl/N-ethyl adjacent to an activating group) is 1. The summed E-state index contributed by atoms with van der Waals surface area (Å²) in [5.74, 6) is 0.0963. The van der Waals surface area contributed by atoms with Gasteiger partial charge in [-0.3, -0.25) is 4.79 Å². The molecule has 0 spiro atoms. The largest absolute Gasteiger partial charge is 0.417 e. The van der Waals surface area contributed by atoms with Crippen molar-refractivity contribution in [1.29, 1.82) is 0 Å². The van der Waals surface area contributed by atoms with Gasteiger partial charge in [-0.05, 0) is 45.0 Å². The summed E-state index contributed by atoms with van der Waals surface area (Å²) < 4.78 is 39.9. The Kier molecular flexibility index (Phi) is 5.97. The number of nitrogens with zero attached hydrogens (tertiary/aromatic N) is 5. The van der Waals surface area contributed by atoms with E-state index in [4.69, 9.17) is 0 Å². The van der Waals surface area contributed by atoms with Gasteiger partial charge in [0.05, 0.1) is 23.0 Å². The molecule has 1 aliphatic heterocycles. The van der Waals surface area contributed by atoms with E-state index in [0.29, 0.717) is 30.4 Å². The highest BCUT2D eigenvalue weighted by atomic mass is 19.4. The minimum Gasteiger partial charge on any atom is -0.337 e. The third kappa shape index (κ3) is 4.44. The van der Waals surface area contributed by atoms with Crippen molar-refractivity contribution in [3.8, 4) is 5.82 Å². The third-order valence-corrected chi connectivity index (χ3v) is 5.29. The Morgan fingerprint density at radius 1 is 1.24 bits per heavy atom. The van der Waals surface area contributed by atoms with Crippen molar-refractivity contribution in [3.63, 3.8) is 0 Å². The van der Waals surface area contributed by atoms with Crippen LogP contribution in [-0.4, -0.2) is 63.7 Å². The molecule has 1 aliphatic rings. The van der Waals surface area contributed by atoms with E-state index in [0.717, 1.165) is 25.1 Å². The Labute approximate surface area is 168 Å². The molecule has 1 atom stereocenters. The van der Waals surface area contributed by atoms with Crippen molar-refractivity contribution in [2.75, 3.05) is 27.2 Å². The number of alkyl halides is 3. The van der Waals surface area contributed by atoms with Gasteiger partial charge in [-0.25, -0.2) is 9.67 Å². The molecule has 1 amide bonds. The van der Waals surface area contributed by atoms with E-state index >= 15 is 0 Å². The molecule has 29 heavy (non-hydrogen) atoms. The first-order valence-electron chi connectivity index (χ1n) is 9.66. The lowest BCUT2D eigenvalue weighted by Gasteiger charge is -2.36. The molecule has 0 aliphatic carbocycles. The van der Waals surface area contributed by atoms with Crippen LogP contribution in [0.4, 0.5) is 13.2 Å². The van der Waals surface area contributed by atoms with E-state index in [1.165, 1.54) is 16.9 Å². The van der Waals surface area contributed by atoms with Gasteiger partial charge in [0.1, 0.15) is 0 Å². The maximum atomic E-state index is 13.2. The lowest BCUT2D eigenvalue weighted by molar-refractivity contribution is -0.137. The minimum atomic E-state index is -4.45. The highest BCUT2D eigenvalue weighted by Crippen LogP contribution is 2.30. The number of carbonyl (C=O) groups excluding carboxylic acids is 1. The van der Waals surface area contributed by atoms with Crippen LogP contribution in [0.15, 0.2) is 24.5 Å². The Morgan fingerprint density at radius 2 is 1.97 bits per heavy atom. The molecule has 158 valence electrons. The van der Waals surface area contributed by atoms with Crippen molar-refractivity contribution >= 4 is 5.91 Å². The zero-order valence-corrected chi connectivity index (χ0v) is 17.1. The van der Waals surface area contributed by atoms with E-state index in [-0.39, 0.29) is 17.6 Å². The molecule has 2 aromatic heterocycles. The number of rotatable bonds is 4. The SMILES string of the molecule is CC(C)c1c(C(=O)N2CCCC(N(C)C)C2)cnn1-c1ccc(C(F)(F)F)cn1. The summed E-state index contributed by atoms with van der Waals surface area (Å²) in [6.45, 7) is 5.18. The zero-order valence-electron chi connectivity index (χ0n) is 17.1. The second-order valence-electron chi connectivity index (χ2n) is 7.92. The molecule has 3 rings (SSSR count). The summed E-state index contributed by atoms with van der Waals surface area (Å²) in [5.41, 5.74) is 0.300. The predicted molar refractivity (Wildman–Crippen MR) is 103 cm³/mol. The second kappa shape index (κ2) is 8.14. The van der Waals surface area contributed by atoms with E-state index in [1.807, 2.05) is 32.8 Å². The molecule has 0 N–H and O–H groups in total. The Balaban J connectivity index is 1.92. The van der Waals surface area contributed by atoms with Gasteiger partial charge in [-0.1, -0.05) is 13.8 Å². The molecule has 0 saturated carbocycles. The first kappa shape index (κ1) is 21.3. The van der Waals surface area contributed by atoms with E-state index in [2.05, 4.69) is 15.0 Å². The summed E-state index contributed by atoms with van der Waals surface area (Å²) >= 11 is 0. The molecule has 2 aromatic rings. The van der Waals surface area contributed by atoms with Crippen LogP contribution in [0.3, 0.4) is 0 Å². The van der Waals surface area contributed by atoms with Gasteiger partial charge in [0, 0.05) is 25.3 Å². The molecule has 6 nitrogen and oxygen atoms in total. The van der Waals surface area contributed by atoms with Crippen LogP contribution < -0.4 is 0 Å². The van der Waals surface area contributed by atoms with Crippen molar-refractivity contribution in [1.82, 2.24) is 24.6 Å². The van der Waals surface area contributed by atoms with E-state index in [9.17, 15) is 18.0 Å². The number of halogens is 3. The van der Waals surface area contributed by atoms with E-state index in [1.54, 1.807) is 0 Å². The number of carbonyl (C=O) groups is 1. The molecule has 1 fully saturated rings. The van der Waals surface area contributed by atoms with Gasteiger partial charge in [0.2, 0.25) is 0 Å². The van der Waals surface area contributed by atoms with Gasteiger partial charge in [0.25, 0.3) is 5.91 Å². The Hall–Kier alpha value is -2.42. The number of piperidine rings is 1. The normalized spacial score (nSPS) is 18.0. The monoisotopic (exact) mass is 409 g/mol. The fraction of sp³-hybridized carbons (Fsp3) is 0.550. The molecule has 9 heteroatoms. The number of aromatic nitrogens is 3. The predicted octanol–water partition coefficient (Wildman–Crippen LogP) is 3.58. The number of hydrogen-bond acceptors (Lipinski definition) is 4. The minimum absolute atomic E-state index is 0.0602. The van der Waals surface area contributed by atoms with Crippen LogP contribution in [0.25, 0.3) is 5.82 Å². The quantitative estimate of drug-likeness (QED) is 0.775. The molecule has 0 radical (unpaired) electrons. The number of likely N-dealkylation sites (tertiary alicyclic amines) is 1. The number of amides is 1. The smallest absolute Gasteiger partial charge is 0.337 e. The van der Waals surface area contributed by atoms with Crippen LogP contribution in [0.5, 0.6) is 0 Å². The topological polar surface area (TPSA) is 54.3 Å². The van der Waals surface area contributed by atoms with Crippen molar-refractivity contribution in [3.05, 3.63) is 41.3 Å². The number of hydrogen-bond donors (Lipinski definition) is 0. The lowest BCUT2D eigenvalue weighted by atomic mass is 10.0. The van der Waals surface area contributed by atoms with Crippen molar-refractivity contribution in [2.45, 2.75) is 44.8 Å². The maximum absolute atomic E-state index is 13.2. The summed E-state index contributed by atoms with van der Waals surface area (Å²) in [5, 5.41) is 4.28. The zero-order chi connectivity index (χ0) is 21.3. The van der Waals surface area contributed by atoms with E-state index < -0.39 is 11.7 Å². The molecule has 1 saturated heterocycles. The second-order valence-corrected chi connectivity index (χ2v) is 7.92. The fourth-order valence-corrected chi connectivity index (χ4v) is 3.67. The molecule has 0 aromatic carbocycles. The summed E-state index contributed by atoms with van der Waals surface area (Å²) in [7, 11) is 4.01. The Morgan fingerprint density at radius 3 is 2.52 bits per heavy atom. The molecule has 0 bridgehead atoms.